The molecule has 0 aliphatic rings. The third-order valence-corrected chi connectivity index (χ3v) is 10.1. The van der Waals surface area contributed by atoms with Crippen molar-refractivity contribution in [3.63, 3.8) is 0 Å². The van der Waals surface area contributed by atoms with E-state index in [1.165, 1.54) is 18.2 Å². The molecule has 0 atom stereocenters. The van der Waals surface area contributed by atoms with Crippen molar-refractivity contribution < 1.29 is 21.6 Å². The van der Waals surface area contributed by atoms with E-state index in [1.54, 1.807) is 36.4 Å². The number of H-pyrrole nitrogens is 1. The number of carbonyl (C=O) groups excluding carboxylic acids is 1. The van der Waals surface area contributed by atoms with E-state index in [-0.39, 0.29) is 33.5 Å². The van der Waals surface area contributed by atoms with Crippen LogP contribution in [0, 0.1) is 13.8 Å². The van der Waals surface area contributed by atoms with Gasteiger partial charge in [0.25, 0.3) is 5.91 Å². The highest BCUT2D eigenvalue weighted by atomic mass is 79.9. The van der Waals surface area contributed by atoms with Gasteiger partial charge in [-0.3, -0.25) is 4.79 Å². The molecular formula is C27H27BrClN3O5S2. The van der Waals surface area contributed by atoms with Crippen molar-refractivity contribution in [1.29, 1.82) is 0 Å². The lowest BCUT2D eigenvalue weighted by Crippen LogP contribution is -2.28. The maximum absolute atomic E-state index is 13.8. The number of halogens is 2. The molecular weight excluding hydrogens is 626 g/mol. The number of fused-ring (bicyclic) bond motifs is 1. The number of aryl methyl sites for hydroxylation is 2. The average Bonchev–Trinajstić information content (AvgIpc) is 3.25. The van der Waals surface area contributed by atoms with Crippen LogP contribution >= 0.6 is 27.5 Å². The molecule has 0 radical (unpaired) electrons. The van der Waals surface area contributed by atoms with Gasteiger partial charge >= 0.3 is 0 Å². The second kappa shape index (κ2) is 11.8. The molecule has 39 heavy (non-hydrogen) atoms. The van der Waals surface area contributed by atoms with Crippen molar-refractivity contribution in [1.82, 2.24) is 15.0 Å². The highest BCUT2D eigenvalue weighted by Crippen LogP contribution is 2.34. The van der Waals surface area contributed by atoms with Gasteiger partial charge in [-0.05, 0) is 92.4 Å². The molecule has 12 heteroatoms. The first kappa shape index (κ1) is 29.3. The van der Waals surface area contributed by atoms with Crippen LogP contribution in [-0.2, 0) is 19.9 Å². The fourth-order valence-electron chi connectivity index (χ4n) is 4.23. The van der Waals surface area contributed by atoms with Crippen LogP contribution in [0.2, 0.25) is 5.02 Å². The number of sulfone groups is 1. The van der Waals surface area contributed by atoms with Gasteiger partial charge in [-0.25, -0.2) is 21.6 Å². The van der Waals surface area contributed by atoms with E-state index in [2.05, 4.69) is 31.0 Å². The predicted octanol–water partition coefficient (Wildman–Crippen LogP) is 5.52. The number of nitrogens with one attached hydrogen (secondary N) is 3. The maximum Gasteiger partial charge on any atom is 0.269 e. The fourth-order valence-corrected chi connectivity index (χ4v) is 7.53. The minimum Gasteiger partial charge on any atom is -0.351 e. The zero-order chi connectivity index (χ0) is 28.4. The summed E-state index contributed by atoms with van der Waals surface area (Å²) in [6.07, 6.45) is 0.936. The molecule has 4 aromatic rings. The van der Waals surface area contributed by atoms with Crippen LogP contribution in [0.4, 0.5) is 0 Å². The van der Waals surface area contributed by atoms with Crippen LogP contribution in [0.25, 0.3) is 10.9 Å². The first-order chi connectivity index (χ1) is 18.4. The van der Waals surface area contributed by atoms with Crippen molar-refractivity contribution >= 4 is 64.2 Å². The Kier molecular flexibility index (Phi) is 8.87. The van der Waals surface area contributed by atoms with Crippen molar-refractivity contribution in [3.05, 3.63) is 87.0 Å². The first-order valence-corrected chi connectivity index (χ1v) is 16.2. The number of hydrogen-bond acceptors (Lipinski definition) is 5. The van der Waals surface area contributed by atoms with Gasteiger partial charge < -0.3 is 10.3 Å². The van der Waals surface area contributed by atoms with Crippen LogP contribution in [0.15, 0.2) is 79.8 Å². The maximum atomic E-state index is 13.8. The van der Waals surface area contributed by atoms with Gasteiger partial charge in [0.2, 0.25) is 19.9 Å². The summed E-state index contributed by atoms with van der Waals surface area (Å²) in [7, 11) is -7.71. The highest BCUT2D eigenvalue weighted by Gasteiger charge is 2.30. The van der Waals surface area contributed by atoms with Gasteiger partial charge in [0.05, 0.1) is 9.79 Å². The van der Waals surface area contributed by atoms with Crippen LogP contribution in [-0.4, -0.2) is 40.8 Å². The molecule has 8 nitrogen and oxygen atoms in total. The van der Waals surface area contributed by atoms with E-state index in [1.807, 2.05) is 19.9 Å². The molecule has 0 aliphatic carbocycles. The van der Waals surface area contributed by atoms with Crippen LogP contribution in [0.5, 0.6) is 0 Å². The Bertz CT molecular complexity index is 1730. The number of amides is 1. The topological polar surface area (TPSA) is 125 Å². The molecule has 3 N–H and O–H groups in total. The third kappa shape index (κ3) is 6.72. The van der Waals surface area contributed by atoms with E-state index in [0.29, 0.717) is 28.8 Å². The second-order valence-electron chi connectivity index (χ2n) is 9.16. The van der Waals surface area contributed by atoms with Gasteiger partial charge in [0.15, 0.2) is 0 Å². The van der Waals surface area contributed by atoms with Crippen molar-refractivity contribution in [2.24, 2.45) is 0 Å². The Labute approximate surface area is 241 Å². The largest absolute Gasteiger partial charge is 0.351 e. The highest BCUT2D eigenvalue weighted by molar-refractivity contribution is 9.10. The molecule has 0 aliphatic heterocycles. The Morgan fingerprint density at radius 2 is 1.51 bits per heavy atom. The van der Waals surface area contributed by atoms with E-state index in [0.717, 1.165) is 15.6 Å². The summed E-state index contributed by atoms with van der Waals surface area (Å²) in [6.45, 7) is 4.03. The molecule has 0 spiro atoms. The van der Waals surface area contributed by atoms with E-state index in [9.17, 15) is 21.6 Å². The summed E-state index contributed by atoms with van der Waals surface area (Å²) in [5.74, 6) is -0.583. The lowest BCUT2D eigenvalue weighted by atomic mass is 10.2. The van der Waals surface area contributed by atoms with Gasteiger partial charge in [0, 0.05) is 33.5 Å². The molecule has 0 bridgehead atoms. The monoisotopic (exact) mass is 651 g/mol. The van der Waals surface area contributed by atoms with Gasteiger partial charge in [-0.15, -0.1) is 0 Å². The SMILES string of the molecule is Cc1cc(C)cc(S(=O)(=O)c2c(C(=O)NCCCCNS(=O)(=O)c3ccc(Br)cc3)[nH]c3ccc(Cl)cc23)c1. The normalized spacial score (nSPS) is 12.1. The first-order valence-electron chi connectivity index (χ1n) is 12.1. The Morgan fingerprint density at radius 3 is 2.18 bits per heavy atom. The number of carbonyl (C=O) groups is 1. The summed E-state index contributed by atoms with van der Waals surface area (Å²) in [5, 5.41) is 3.42. The van der Waals surface area contributed by atoms with Crippen molar-refractivity contribution in [2.75, 3.05) is 13.1 Å². The summed E-state index contributed by atoms with van der Waals surface area (Å²) in [5.41, 5.74) is 1.96. The smallest absolute Gasteiger partial charge is 0.269 e. The number of sulfonamides is 1. The predicted molar refractivity (Wildman–Crippen MR) is 156 cm³/mol. The number of aromatic amines is 1. The molecule has 0 fully saturated rings. The number of hydrogen-bond donors (Lipinski definition) is 3. The lowest BCUT2D eigenvalue weighted by molar-refractivity contribution is 0.0945. The number of benzene rings is 3. The molecule has 0 saturated carbocycles. The molecule has 206 valence electrons. The van der Waals surface area contributed by atoms with Crippen molar-refractivity contribution in [2.45, 2.75) is 41.4 Å². The number of unbranched alkanes of at least 4 members (excludes halogenated alkanes) is 1. The zero-order valence-corrected chi connectivity index (χ0v) is 25.2. The summed E-state index contributed by atoms with van der Waals surface area (Å²) >= 11 is 9.45. The summed E-state index contributed by atoms with van der Waals surface area (Å²) < 4.78 is 55.7. The Morgan fingerprint density at radius 1 is 0.872 bits per heavy atom. The molecule has 1 aromatic heterocycles. The number of rotatable bonds is 10. The van der Waals surface area contributed by atoms with E-state index in [4.69, 9.17) is 11.6 Å². The molecule has 0 unspecified atom stereocenters. The van der Waals surface area contributed by atoms with Crippen molar-refractivity contribution in [3.8, 4) is 0 Å². The fraction of sp³-hybridized carbons (Fsp3) is 0.222. The standard InChI is InChI=1S/C27H27BrClN3O5S2/c1-17-13-18(2)15-22(14-17)38(34,35)26-23-16-20(29)7-10-24(23)32-25(26)27(33)30-11-3-4-12-31-39(36,37)21-8-5-19(28)6-9-21/h5-10,13-16,31-32H,3-4,11-12H2,1-2H3,(H,30,33). The Hall–Kier alpha value is -2.70. The van der Waals surface area contributed by atoms with E-state index < -0.39 is 25.8 Å². The summed E-state index contributed by atoms with van der Waals surface area (Å²) in [4.78, 5) is 16.2. The molecule has 0 saturated heterocycles. The van der Waals surface area contributed by atoms with Gasteiger partial charge in [0.1, 0.15) is 10.6 Å². The minimum absolute atomic E-state index is 0.0811. The zero-order valence-electron chi connectivity index (χ0n) is 21.2. The molecule has 1 amide bonds. The molecule has 4 rings (SSSR count). The third-order valence-electron chi connectivity index (χ3n) is 6.02. The quantitative estimate of drug-likeness (QED) is 0.195. The minimum atomic E-state index is -4.07. The second-order valence-corrected chi connectivity index (χ2v) is 14.2. The van der Waals surface area contributed by atoms with Gasteiger partial charge in [-0.2, -0.15) is 0 Å². The lowest BCUT2D eigenvalue weighted by Gasteiger charge is -2.10. The average molecular weight is 653 g/mol. The summed E-state index contributed by atoms with van der Waals surface area (Å²) in [6, 6.07) is 16.1. The number of aromatic nitrogens is 1. The van der Waals surface area contributed by atoms with Crippen LogP contribution < -0.4 is 10.0 Å². The van der Waals surface area contributed by atoms with Crippen LogP contribution in [0.3, 0.4) is 0 Å². The Balaban J connectivity index is 1.48. The van der Waals surface area contributed by atoms with Crippen LogP contribution in [0.1, 0.15) is 34.5 Å². The van der Waals surface area contributed by atoms with E-state index >= 15 is 0 Å². The molecule has 3 aromatic carbocycles. The van der Waals surface area contributed by atoms with Gasteiger partial charge in [-0.1, -0.05) is 33.6 Å². The molecule has 1 heterocycles.